The highest BCUT2D eigenvalue weighted by Crippen LogP contribution is 2.30. The maximum atomic E-state index is 10.6. The minimum Gasteiger partial charge on any atom is -0.377 e. The van der Waals surface area contributed by atoms with E-state index in [-0.39, 0.29) is 11.7 Å². The zero-order valence-corrected chi connectivity index (χ0v) is 12.0. The molecule has 0 fully saturated rings. The number of nitro groups is 1. The van der Waals surface area contributed by atoms with Gasteiger partial charge in [-0.1, -0.05) is 6.07 Å². The Hall–Kier alpha value is -1.40. The van der Waals surface area contributed by atoms with Crippen molar-refractivity contribution in [2.75, 3.05) is 5.32 Å². The molecule has 0 saturated heterocycles. The fourth-order valence-corrected chi connectivity index (χ4v) is 2.79. The molecule has 1 atom stereocenters. The van der Waals surface area contributed by atoms with Crippen LogP contribution in [0.1, 0.15) is 17.8 Å². The number of anilines is 1. The van der Waals surface area contributed by atoms with Crippen molar-refractivity contribution >= 4 is 38.6 Å². The quantitative estimate of drug-likeness (QED) is 0.660. The molecule has 0 spiro atoms. The van der Waals surface area contributed by atoms with Gasteiger partial charge in [-0.05, 0) is 40.4 Å². The number of halogens is 1. The zero-order valence-electron chi connectivity index (χ0n) is 9.59. The van der Waals surface area contributed by atoms with Crippen LogP contribution >= 0.6 is 27.3 Å². The molecule has 1 aromatic heterocycles. The summed E-state index contributed by atoms with van der Waals surface area (Å²) in [7, 11) is 0. The number of thiophene rings is 1. The molecule has 4 nitrogen and oxygen atoms in total. The van der Waals surface area contributed by atoms with Crippen LogP contribution in [-0.2, 0) is 0 Å². The number of hydrogen-bond acceptors (Lipinski definition) is 4. The molecule has 2 aromatic rings. The molecule has 0 radical (unpaired) electrons. The van der Waals surface area contributed by atoms with E-state index < -0.39 is 4.92 Å². The number of benzene rings is 1. The lowest BCUT2D eigenvalue weighted by molar-refractivity contribution is -0.384. The van der Waals surface area contributed by atoms with Gasteiger partial charge >= 0.3 is 0 Å². The predicted molar refractivity (Wildman–Crippen MR) is 77.2 cm³/mol. The van der Waals surface area contributed by atoms with Gasteiger partial charge in [0.05, 0.1) is 11.0 Å². The molecule has 1 aromatic carbocycles. The Bertz CT molecular complexity index is 557. The van der Waals surface area contributed by atoms with Gasteiger partial charge < -0.3 is 5.32 Å². The van der Waals surface area contributed by atoms with E-state index in [0.29, 0.717) is 4.47 Å². The topological polar surface area (TPSA) is 55.2 Å². The van der Waals surface area contributed by atoms with Crippen LogP contribution in [0.15, 0.2) is 40.2 Å². The fourth-order valence-electron chi connectivity index (χ4n) is 1.58. The SMILES string of the molecule is CC(Nc1ccc([N+](=O)[O-])cc1Br)c1cccs1. The number of non-ortho nitro benzene ring substituents is 1. The number of nitrogens with zero attached hydrogens (tertiary/aromatic N) is 1. The number of nitro benzene ring substituents is 1. The summed E-state index contributed by atoms with van der Waals surface area (Å²) in [6.07, 6.45) is 0. The standard InChI is InChI=1S/C12H11BrN2O2S/c1-8(12-3-2-6-18-12)14-11-5-4-9(15(16)17)7-10(11)13/h2-8,14H,1H3. The normalized spacial score (nSPS) is 12.1. The van der Waals surface area contributed by atoms with Gasteiger partial charge in [0.15, 0.2) is 0 Å². The van der Waals surface area contributed by atoms with Crippen molar-refractivity contribution in [2.45, 2.75) is 13.0 Å². The Morgan fingerprint density at radius 2 is 2.22 bits per heavy atom. The van der Waals surface area contributed by atoms with Crippen molar-refractivity contribution < 1.29 is 4.92 Å². The van der Waals surface area contributed by atoms with E-state index in [4.69, 9.17) is 0 Å². The minimum absolute atomic E-state index is 0.0798. The van der Waals surface area contributed by atoms with E-state index in [1.165, 1.54) is 17.0 Å². The lowest BCUT2D eigenvalue weighted by Gasteiger charge is -2.14. The van der Waals surface area contributed by atoms with Crippen LogP contribution < -0.4 is 5.32 Å². The average molecular weight is 327 g/mol. The zero-order chi connectivity index (χ0) is 13.1. The van der Waals surface area contributed by atoms with Crippen molar-refractivity contribution in [3.05, 3.63) is 55.2 Å². The van der Waals surface area contributed by atoms with Crippen molar-refractivity contribution in [3.8, 4) is 0 Å². The molecule has 0 bridgehead atoms. The van der Waals surface area contributed by atoms with Crippen LogP contribution in [0.25, 0.3) is 0 Å². The molecule has 94 valence electrons. The van der Waals surface area contributed by atoms with Crippen LogP contribution in [0.3, 0.4) is 0 Å². The summed E-state index contributed by atoms with van der Waals surface area (Å²) in [4.78, 5) is 11.5. The van der Waals surface area contributed by atoms with Gasteiger partial charge in [-0.2, -0.15) is 0 Å². The van der Waals surface area contributed by atoms with Gasteiger partial charge in [0.1, 0.15) is 0 Å². The van der Waals surface area contributed by atoms with E-state index in [0.717, 1.165) is 5.69 Å². The van der Waals surface area contributed by atoms with Gasteiger partial charge in [-0.25, -0.2) is 0 Å². The predicted octanol–water partition coefficient (Wildman–Crippen LogP) is 4.59. The van der Waals surface area contributed by atoms with Gasteiger partial charge in [0.25, 0.3) is 5.69 Å². The highest BCUT2D eigenvalue weighted by molar-refractivity contribution is 9.10. The van der Waals surface area contributed by atoms with E-state index >= 15 is 0 Å². The molecule has 2 rings (SSSR count). The summed E-state index contributed by atoms with van der Waals surface area (Å²) in [5, 5.41) is 16.0. The molecule has 0 saturated carbocycles. The molecular formula is C12H11BrN2O2S. The number of nitrogens with one attached hydrogen (secondary N) is 1. The summed E-state index contributed by atoms with van der Waals surface area (Å²) in [6, 6.07) is 8.94. The average Bonchev–Trinajstić information content (AvgIpc) is 2.85. The minimum atomic E-state index is -0.406. The summed E-state index contributed by atoms with van der Waals surface area (Å²) in [5.41, 5.74) is 0.928. The molecule has 18 heavy (non-hydrogen) atoms. The molecule has 1 unspecified atom stereocenters. The Kier molecular flexibility index (Phi) is 3.98. The molecular weight excluding hydrogens is 316 g/mol. The second-order valence-corrected chi connectivity index (χ2v) is 5.64. The van der Waals surface area contributed by atoms with E-state index in [2.05, 4.69) is 34.2 Å². The molecule has 0 aliphatic heterocycles. The first-order valence-electron chi connectivity index (χ1n) is 5.32. The third kappa shape index (κ3) is 2.88. The molecule has 0 aliphatic carbocycles. The maximum Gasteiger partial charge on any atom is 0.270 e. The second kappa shape index (κ2) is 5.49. The Morgan fingerprint density at radius 3 is 2.78 bits per heavy atom. The molecule has 1 heterocycles. The first-order chi connectivity index (χ1) is 8.58. The molecule has 0 aliphatic rings. The van der Waals surface area contributed by atoms with E-state index in [9.17, 15) is 10.1 Å². The molecule has 0 amide bonds. The summed E-state index contributed by atoms with van der Waals surface area (Å²) in [5.74, 6) is 0. The Morgan fingerprint density at radius 1 is 1.44 bits per heavy atom. The number of rotatable bonds is 4. The number of hydrogen-bond donors (Lipinski definition) is 1. The largest absolute Gasteiger partial charge is 0.377 e. The van der Waals surface area contributed by atoms with Crippen LogP contribution in [0.2, 0.25) is 0 Å². The van der Waals surface area contributed by atoms with Crippen molar-refractivity contribution in [1.82, 2.24) is 0 Å². The fraction of sp³-hybridized carbons (Fsp3) is 0.167. The first kappa shape index (κ1) is 13.0. The van der Waals surface area contributed by atoms with Crippen LogP contribution in [-0.4, -0.2) is 4.92 Å². The molecule has 6 heteroatoms. The highest BCUT2D eigenvalue weighted by Gasteiger charge is 2.12. The van der Waals surface area contributed by atoms with Crippen LogP contribution in [0.4, 0.5) is 11.4 Å². The Balaban J connectivity index is 2.17. The van der Waals surface area contributed by atoms with E-state index in [1.54, 1.807) is 17.4 Å². The summed E-state index contributed by atoms with van der Waals surface area (Å²) >= 11 is 5.02. The van der Waals surface area contributed by atoms with Crippen molar-refractivity contribution in [3.63, 3.8) is 0 Å². The third-order valence-corrected chi connectivity index (χ3v) is 4.22. The van der Waals surface area contributed by atoms with Gasteiger partial charge in [-0.3, -0.25) is 10.1 Å². The van der Waals surface area contributed by atoms with Gasteiger partial charge in [0.2, 0.25) is 0 Å². The smallest absolute Gasteiger partial charge is 0.270 e. The van der Waals surface area contributed by atoms with Gasteiger partial charge in [0, 0.05) is 27.2 Å². The monoisotopic (exact) mass is 326 g/mol. The lowest BCUT2D eigenvalue weighted by Crippen LogP contribution is -2.05. The maximum absolute atomic E-state index is 10.6. The lowest BCUT2D eigenvalue weighted by atomic mass is 10.2. The first-order valence-corrected chi connectivity index (χ1v) is 6.99. The highest BCUT2D eigenvalue weighted by atomic mass is 79.9. The van der Waals surface area contributed by atoms with E-state index in [1.807, 2.05) is 11.4 Å². The van der Waals surface area contributed by atoms with Gasteiger partial charge in [-0.15, -0.1) is 11.3 Å². The second-order valence-electron chi connectivity index (χ2n) is 3.80. The summed E-state index contributed by atoms with van der Waals surface area (Å²) < 4.78 is 0.695. The molecule has 1 N–H and O–H groups in total. The third-order valence-electron chi connectivity index (χ3n) is 2.51. The van der Waals surface area contributed by atoms with Crippen LogP contribution in [0, 0.1) is 10.1 Å². The Labute approximate surface area is 117 Å². The van der Waals surface area contributed by atoms with Crippen LogP contribution in [0.5, 0.6) is 0 Å². The summed E-state index contributed by atoms with van der Waals surface area (Å²) in [6.45, 7) is 2.06. The van der Waals surface area contributed by atoms with Crippen molar-refractivity contribution in [2.24, 2.45) is 0 Å². The van der Waals surface area contributed by atoms with Crippen molar-refractivity contribution in [1.29, 1.82) is 0 Å².